The largest absolute Gasteiger partial charge is 0.352 e. The summed E-state index contributed by atoms with van der Waals surface area (Å²) in [6.07, 6.45) is 2.21. The van der Waals surface area contributed by atoms with E-state index in [1.807, 2.05) is 13.0 Å². The maximum atomic E-state index is 12.0. The highest BCUT2D eigenvalue weighted by atomic mass is 32.2. The summed E-state index contributed by atoms with van der Waals surface area (Å²) < 4.78 is 0.802. The monoisotopic (exact) mass is 348 g/mol. The van der Waals surface area contributed by atoms with E-state index in [1.54, 1.807) is 0 Å². The van der Waals surface area contributed by atoms with E-state index < -0.39 is 0 Å². The number of aromatic nitrogens is 2. The smallest absolute Gasteiger partial charge is 0.233 e. The molecule has 1 aliphatic rings. The Bertz CT molecular complexity index is 712. The summed E-state index contributed by atoms with van der Waals surface area (Å²) in [7, 11) is 0. The van der Waals surface area contributed by atoms with Crippen molar-refractivity contribution in [1.29, 1.82) is 0 Å². The van der Waals surface area contributed by atoms with E-state index in [2.05, 4.69) is 46.8 Å². The summed E-state index contributed by atoms with van der Waals surface area (Å²) in [5.74, 6) is 0.0802. The lowest BCUT2D eigenvalue weighted by Crippen LogP contribution is -2.32. The van der Waals surface area contributed by atoms with Crippen LogP contribution in [0.2, 0.25) is 0 Å². The third-order valence-corrected chi connectivity index (χ3v) is 5.62. The minimum atomic E-state index is -0.155. The zero-order valence-corrected chi connectivity index (χ0v) is 15.1. The van der Waals surface area contributed by atoms with E-state index in [0.29, 0.717) is 6.04 Å². The summed E-state index contributed by atoms with van der Waals surface area (Å²) in [5, 5.41) is 15.2. The van der Waals surface area contributed by atoms with Crippen LogP contribution in [0.1, 0.15) is 30.9 Å². The van der Waals surface area contributed by atoms with Gasteiger partial charge < -0.3 is 10.6 Å². The molecule has 0 saturated heterocycles. The first kappa shape index (κ1) is 16.3. The van der Waals surface area contributed by atoms with Crippen LogP contribution in [-0.2, 0) is 4.79 Å². The summed E-state index contributed by atoms with van der Waals surface area (Å²) in [4.78, 5) is 12.0. The molecular formula is C16H20N4OS2. The minimum absolute atomic E-state index is 0.0802. The third kappa shape index (κ3) is 4.45. The number of nitrogens with zero attached hydrogens (tertiary/aromatic N) is 2. The van der Waals surface area contributed by atoms with Crippen molar-refractivity contribution < 1.29 is 4.79 Å². The number of benzene rings is 1. The van der Waals surface area contributed by atoms with Crippen LogP contribution in [0.25, 0.3) is 0 Å². The van der Waals surface area contributed by atoms with Crippen molar-refractivity contribution in [2.45, 2.75) is 49.2 Å². The fourth-order valence-corrected chi connectivity index (χ4v) is 4.05. The zero-order valence-electron chi connectivity index (χ0n) is 13.4. The highest BCUT2D eigenvalue weighted by Gasteiger charge is 2.26. The standard InChI is InChI=1S/C16H20N4OS2/c1-9-4-7-13(10(2)8-9)18-15-19-20-16(23-15)22-11(3)14(21)17-12-5-6-12/h4,7-8,11-12H,5-6H2,1-3H3,(H,17,21)(H,18,19). The molecule has 1 amide bonds. The summed E-state index contributed by atoms with van der Waals surface area (Å²) in [6.45, 7) is 6.04. The molecule has 0 spiro atoms. The van der Waals surface area contributed by atoms with Gasteiger partial charge in [-0.05, 0) is 45.2 Å². The number of rotatable bonds is 6. The van der Waals surface area contributed by atoms with Crippen molar-refractivity contribution in [2.75, 3.05) is 5.32 Å². The number of nitrogens with one attached hydrogen (secondary N) is 2. The fourth-order valence-electron chi connectivity index (χ4n) is 2.13. The number of hydrogen-bond acceptors (Lipinski definition) is 6. The third-order valence-electron chi connectivity index (χ3n) is 3.60. The second-order valence-electron chi connectivity index (χ2n) is 5.86. The molecule has 23 heavy (non-hydrogen) atoms. The zero-order chi connectivity index (χ0) is 16.4. The van der Waals surface area contributed by atoms with Crippen LogP contribution in [-0.4, -0.2) is 27.4 Å². The number of aryl methyl sites for hydroxylation is 2. The number of carbonyl (C=O) groups is 1. The lowest BCUT2D eigenvalue weighted by atomic mass is 10.1. The summed E-state index contributed by atoms with van der Waals surface area (Å²) in [6, 6.07) is 6.63. The highest BCUT2D eigenvalue weighted by Crippen LogP contribution is 2.31. The molecule has 5 nitrogen and oxygen atoms in total. The first-order valence-corrected chi connectivity index (χ1v) is 9.35. The van der Waals surface area contributed by atoms with Crippen molar-refractivity contribution in [2.24, 2.45) is 0 Å². The van der Waals surface area contributed by atoms with Gasteiger partial charge in [-0.1, -0.05) is 40.8 Å². The first-order valence-electron chi connectivity index (χ1n) is 7.66. The molecule has 1 atom stereocenters. The van der Waals surface area contributed by atoms with E-state index in [-0.39, 0.29) is 11.2 Å². The molecule has 122 valence electrons. The molecule has 0 bridgehead atoms. The van der Waals surface area contributed by atoms with Gasteiger partial charge in [-0.2, -0.15) is 0 Å². The van der Waals surface area contributed by atoms with E-state index in [9.17, 15) is 4.79 Å². The van der Waals surface area contributed by atoms with Crippen molar-refractivity contribution >= 4 is 39.8 Å². The van der Waals surface area contributed by atoms with Crippen LogP contribution < -0.4 is 10.6 Å². The Morgan fingerprint density at radius 3 is 2.83 bits per heavy atom. The van der Waals surface area contributed by atoms with Gasteiger partial charge in [0.1, 0.15) is 0 Å². The van der Waals surface area contributed by atoms with E-state index in [4.69, 9.17) is 0 Å². The molecular weight excluding hydrogens is 328 g/mol. The number of hydrogen-bond donors (Lipinski definition) is 2. The Morgan fingerprint density at radius 1 is 1.35 bits per heavy atom. The van der Waals surface area contributed by atoms with Crippen LogP contribution in [0.5, 0.6) is 0 Å². The number of amides is 1. The van der Waals surface area contributed by atoms with Gasteiger partial charge in [0.25, 0.3) is 0 Å². The quantitative estimate of drug-likeness (QED) is 0.780. The molecule has 1 saturated carbocycles. The Kier molecular flexibility index (Phi) is 4.87. The van der Waals surface area contributed by atoms with Gasteiger partial charge in [0.15, 0.2) is 4.34 Å². The normalized spacial score (nSPS) is 15.3. The molecule has 1 unspecified atom stereocenters. The molecule has 1 fully saturated rings. The topological polar surface area (TPSA) is 66.9 Å². The SMILES string of the molecule is Cc1ccc(Nc2nnc(SC(C)C(=O)NC3CC3)s2)c(C)c1. The van der Waals surface area contributed by atoms with E-state index >= 15 is 0 Å². The minimum Gasteiger partial charge on any atom is -0.352 e. The number of carbonyl (C=O) groups excluding carboxylic acids is 1. The molecule has 2 aromatic rings. The van der Waals surface area contributed by atoms with Crippen molar-refractivity contribution in [3.63, 3.8) is 0 Å². The van der Waals surface area contributed by atoms with Crippen LogP contribution >= 0.6 is 23.1 Å². The lowest BCUT2D eigenvalue weighted by molar-refractivity contribution is -0.120. The molecule has 1 heterocycles. The van der Waals surface area contributed by atoms with Crippen LogP contribution in [0.3, 0.4) is 0 Å². The molecule has 0 aliphatic heterocycles. The van der Waals surface area contributed by atoms with Gasteiger partial charge in [-0.15, -0.1) is 10.2 Å². The second kappa shape index (κ2) is 6.88. The van der Waals surface area contributed by atoms with Gasteiger partial charge in [0.05, 0.1) is 5.25 Å². The van der Waals surface area contributed by atoms with Gasteiger partial charge in [-0.25, -0.2) is 0 Å². The van der Waals surface area contributed by atoms with Crippen LogP contribution in [0.15, 0.2) is 22.5 Å². The highest BCUT2D eigenvalue weighted by molar-refractivity contribution is 8.02. The Morgan fingerprint density at radius 2 is 2.13 bits per heavy atom. The van der Waals surface area contributed by atoms with Crippen LogP contribution in [0, 0.1) is 13.8 Å². The fraction of sp³-hybridized carbons (Fsp3) is 0.438. The van der Waals surface area contributed by atoms with Gasteiger partial charge in [0, 0.05) is 11.7 Å². The van der Waals surface area contributed by atoms with E-state index in [1.165, 1.54) is 34.2 Å². The lowest BCUT2D eigenvalue weighted by Gasteiger charge is -2.09. The van der Waals surface area contributed by atoms with Crippen LogP contribution in [0.4, 0.5) is 10.8 Å². The molecule has 1 aliphatic carbocycles. The predicted molar refractivity (Wildman–Crippen MR) is 95.6 cm³/mol. The number of anilines is 2. The first-order chi connectivity index (χ1) is 11.0. The summed E-state index contributed by atoms with van der Waals surface area (Å²) >= 11 is 2.92. The van der Waals surface area contributed by atoms with Gasteiger partial charge >= 0.3 is 0 Å². The molecule has 1 aromatic carbocycles. The Labute approximate surface area is 144 Å². The van der Waals surface area contributed by atoms with Crippen molar-refractivity contribution in [1.82, 2.24) is 15.5 Å². The summed E-state index contributed by atoms with van der Waals surface area (Å²) in [5.41, 5.74) is 3.44. The average Bonchev–Trinajstić information content (AvgIpc) is 3.20. The molecule has 1 aromatic heterocycles. The Hall–Kier alpha value is -1.60. The molecule has 0 radical (unpaired) electrons. The molecule has 3 rings (SSSR count). The van der Waals surface area contributed by atoms with Crippen molar-refractivity contribution in [3.05, 3.63) is 29.3 Å². The predicted octanol–water partition coefficient (Wildman–Crippen LogP) is 3.66. The second-order valence-corrected chi connectivity index (χ2v) is 8.42. The van der Waals surface area contributed by atoms with E-state index in [0.717, 1.165) is 28.0 Å². The molecule has 7 heteroatoms. The van der Waals surface area contributed by atoms with Crippen molar-refractivity contribution in [3.8, 4) is 0 Å². The molecule has 2 N–H and O–H groups in total. The Balaban J connectivity index is 1.59. The van der Waals surface area contributed by atoms with Gasteiger partial charge in [-0.3, -0.25) is 4.79 Å². The van der Waals surface area contributed by atoms with Gasteiger partial charge in [0.2, 0.25) is 11.0 Å². The maximum Gasteiger partial charge on any atom is 0.233 e. The number of thioether (sulfide) groups is 1. The average molecular weight is 348 g/mol. The maximum absolute atomic E-state index is 12.0.